The summed E-state index contributed by atoms with van der Waals surface area (Å²) in [5.41, 5.74) is 1.13. The molecule has 2 heterocycles. The van der Waals surface area contributed by atoms with Gasteiger partial charge in [0, 0.05) is 47.7 Å². The third kappa shape index (κ3) is 7.26. The number of halogens is 2. The summed E-state index contributed by atoms with van der Waals surface area (Å²) in [6.07, 6.45) is 9.04. The zero-order chi connectivity index (χ0) is 25.5. The third-order valence-electron chi connectivity index (χ3n) is 7.90. The quantitative estimate of drug-likeness (QED) is 0.328. The van der Waals surface area contributed by atoms with Crippen LogP contribution in [0, 0.1) is 11.8 Å². The first-order valence-corrected chi connectivity index (χ1v) is 14.7. The van der Waals surface area contributed by atoms with Gasteiger partial charge in [-0.1, -0.05) is 30.9 Å². The Balaban J connectivity index is 1.35. The van der Waals surface area contributed by atoms with Crippen molar-refractivity contribution in [3.8, 4) is 5.75 Å². The first-order valence-electron chi connectivity index (χ1n) is 13.3. The Kier molecular flexibility index (Phi) is 10.1. The molecule has 0 bridgehead atoms. The molecule has 0 spiro atoms. The molecule has 36 heavy (non-hydrogen) atoms. The Morgan fingerprint density at radius 3 is 2.83 bits per heavy atom. The molecule has 3 unspecified atom stereocenters. The van der Waals surface area contributed by atoms with Gasteiger partial charge in [-0.3, -0.25) is 9.78 Å². The van der Waals surface area contributed by atoms with E-state index in [1.807, 2.05) is 6.07 Å². The second-order valence-corrected chi connectivity index (χ2v) is 12.1. The van der Waals surface area contributed by atoms with Gasteiger partial charge in [-0.15, -0.1) is 0 Å². The number of benzene rings is 1. The van der Waals surface area contributed by atoms with Crippen LogP contribution in [0.2, 0.25) is 5.02 Å². The molecular weight excluding hydrogens is 499 g/mol. The number of rotatable bonds is 11. The Morgan fingerprint density at radius 1 is 1.28 bits per heavy atom. The number of ether oxygens (including phenoxy) is 1. The van der Waals surface area contributed by atoms with Gasteiger partial charge in [-0.25, -0.2) is 4.39 Å². The Morgan fingerprint density at radius 2 is 2.08 bits per heavy atom. The number of hydrogen-bond acceptors (Lipinski definition) is 5. The lowest BCUT2D eigenvalue weighted by atomic mass is 9.79. The number of alkyl halides is 1. The highest BCUT2D eigenvalue weighted by Crippen LogP contribution is 2.39. The van der Waals surface area contributed by atoms with Gasteiger partial charge in [0.25, 0.3) is 0 Å². The van der Waals surface area contributed by atoms with Crippen LogP contribution in [0.4, 0.5) is 4.39 Å². The van der Waals surface area contributed by atoms with Crippen LogP contribution < -0.4 is 4.74 Å². The van der Waals surface area contributed by atoms with Crippen molar-refractivity contribution < 1.29 is 19.0 Å². The molecule has 1 saturated heterocycles. The monoisotopic (exact) mass is 536 g/mol. The van der Waals surface area contributed by atoms with Gasteiger partial charge in [0.2, 0.25) is 0 Å². The van der Waals surface area contributed by atoms with Crippen molar-refractivity contribution >= 4 is 40.2 Å². The van der Waals surface area contributed by atoms with Crippen molar-refractivity contribution in [3.63, 3.8) is 0 Å². The molecule has 2 aliphatic rings. The summed E-state index contributed by atoms with van der Waals surface area (Å²) < 4.78 is 21.0. The molecular formula is C28H38ClFN2O3S. The molecule has 198 valence electrons. The maximum atomic E-state index is 15.6. The van der Waals surface area contributed by atoms with Crippen LogP contribution in [0.15, 0.2) is 24.4 Å². The summed E-state index contributed by atoms with van der Waals surface area (Å²) in [5, 5.41) is 11.3. The average Bonchev–Trinajstić information content (AvgIpc) is 2.88. The van der Waals surface area contributed by atoms with Gasteiger partial charge >= 0.3 is 5.97 Å². The van der Waals surface area contributed by atoms with Crippen LogP contribution >= 0.6 is 23.4 Å². The largest absolute Gasteiger partial charge is 0.497 e. The van der Waals surface area contributed by atoms with E-state index in [0.717, 1.165) is 37.1 Å². The second-order valence-electron chi connectivity index (χ2n) is 10.3. The lowest BCUT2D eigenvalue weighted by Crippen LogP contribution is -2.42. The summed E-state index contributed by atoms with van der Waals surface area (Å²) in [5.74, 6) is 1.22. The van der Waals surface area contributed by atoms with E-state index < -0.39 is 12.1 Å². The zero-order valence-electron chi connectivity index (χ0n) is 21.1. The second kappa shape index (κ2) is 13.3. The van der Waals surface area contributed by atoms with Crippen LogP contribution in [0.5, 0.6) is 5.75 Å². The van der Waals surface area contributed by atoms with E-state index in [0.29, 0.717) is 40.1 Å². The molecule has 0 radical (unpaired) electrons. The van der Waals surface area contributed by atoms with Crippen LogP contribution in [-0.4, -0.2) is 58.7 Å². The fourth-order valence-electron chi connectivity index (χ4n) is 5.89. The number of carboxylic acids is 1. The predicted octanol–water partition coefficient (Wildman–Crippen LogP) is 7.17. The molecule has 1 aromatic carbocycles. The number of fused-ring (bicyclic) bond motifs is 1. The standard InChI is InChI=1S/C28H38ClFN2O3S/c1-35-21-8-10-26-23(16-21)28(24(29)17-31-26)25(30)9-7-19-11-12-32(18-20(19)15-27(33)34)13-14-36-22-5-3-2-4-6-22/h8,10,16-17,19-20,22,25H,2-7,9,11-15,18H2,1H3,(H,33,34). The molecule has 2 aromatic rings. The average molecular weight is 537 g/mol. The number of likely N-dealkylation sites (tertiary alicyclic amines) is 1. The fraction of sp³-hybridized carbons (Fsp3) is 0.643. The minimum absolute atomic E-state index is 0.0490. The van der Waals surface area contributed by atoms with Crippen molar-refractivity contribution in [2.75, 3.05) is 32.5 Å². The van der Waals surface area contributed by atoms with Gasteiger partial charge in [-0.05, 0) is 68.7 Å². The van der Waals surface area contributed by atoms with Gasteiger partial charge in [0.05, 0.1) is 17.6 Å². The van der Waals surface area contributed by atoms with E-state index in [4.69, 9.17) is 16.3 Å². The maximum absolute atomic E-state index is 15.6. The number of hydrogen-bond donors (Lipinski definition) is 1. The molecule has 5 nitrogen and oxygen atoms in total. The number of aromatic nitrogens is 1. The summed E-state index contributed by atoms with van der Waals surface area (Å²) in [6, 6.07) is 5.40. The first-order chi connectivity index (χ1) is 17.4. The molecule has 1 aliphatic heterocycles. The molecule has 1 aliphatic carbocycles. The van der Waals surface area contributed by atoms with E-state index in [1.165, 1.54) is 38.3 Å². The smallest absolute Gasteiger partial charge is 0.303 e. The Bertz CT molecular complexity index is 1020. The summed E-state index contributed by atoms with van der Waals surface area (Å²) >= 11 is 8.50. The lowest BCUT2D eigenvalue weighted by molar-refractivity contribution is -0.139. The highest BCUT2D eigenvalue weighted by Gasteiger charge is 2.32. The normalized spacial score (nSPS) is 22.5. The summed E-state index contributed by atoms with van der Waals surface area (Å²) in [7, 11) is 1.58. The van der Waals surface area contributed by atoms with Gasteiger partial charge in [0.15, 0.2) is 0 Å². The lowest BCUT2D eigenvalue weighted by Gasteiger charge is -2.38. The van der Waals surface area contributed by atoms with Crippen molar-refractivity contribution in [2.45, 2.75) is 69.2 Å². The van der Waals surface area contributed by atoms with Crippen LogP contribution in [-0.2, 0) is 4.79 Å². The molecule has 1 N–H and O–H groups in total. The highest BCUT2D eigenvalue weighted by molar-refractivity contribution is 7.99. The molecule has 4 rings (SSSR count). The molecule has 1 aromatic heterocycles. The maximum Gasteiger partial charge on any atom is 0.303 e. The number of methoxy groups -OCH3 is 1. The van der Waals surface area contributed by atoms with Crippen LogP contribution in [0.3, 0.4) is 0 Å². The van der Waals surface area contributed by atoms with Crippen molar-refractivity contribution in [2.24, 2.45) is 11.8 Å². The molecule has 2 fully saturated rings. The minimum atomic E-state index is -1.24. The van der Waals surface area contributed by atoms with E-state index in [1.54, 1.807) is 19.2 Å². The zero-order valence-corrected chi connectivity index (χ0v) is 22.7. The summed E-state index contributed by atoms with van der Waals surface area (Å²) in [4.78, 5) is 18.4. The van der Waals surface area contributed by atoms with Crippen molar-refractivity contribution in [1.29, 1.82) is 0 Å². The van der Waals surface area contributed by atoms with E-state index in [9.17, 15) is 9.90 Å². The van der Waals surface area contributed by atoms with E-state index in [2.05, 4.69) is 21.6 Å². The van der Waals surface area contributed by atoms with Crippen LogP contribution in [0.1, 0.15) is 69.5 Å². The van der Waals surface area contributed by atoms with Crippen molar-refractivity contribution in [1.82, 2.24) is 9.88 Å². The molecule has 3 atom stereocenters. The number of thioether (sulfide) groups is 1. The number of nitrogens with zero attached hydrogens (tertiary/aromatic N) is 2. The number of carbonyl (C=O) groups is 1. The number of pyridine rings is 1. The van der Waals surface area contributed by atoms with Gasteiger partial charge < -0.3 is 14.7 Å². The Hall–Kier alpha value is -1.57. The number of piperidine rings is 1. The van der Waals surface area contributed by atoms with E-state index >= 15 is 4.39 Å². The van der Waals surface area contributed by atoms with Crippen molar-refractivity contribution in [3.05, 3.63) is 35.0 Å². The number of carboxylic acid groups (broad SMARTS) is 1. The third-order valence-corrected chi connectivity index (χ3v) is 9.56. The topological polar surface area (TPSA) is 62.7 Å². The molecule has 8 heteroatoms. The predicted molar refractivity (Wildman–Crippen MR) is 146 cm³/mol. The molecule has 0 amide bonds. The fourth-order valence-corrected chi connectivity index (χ4v) is 7.53. The molecule has 1 saturated carbocycles. The van der Waals surface area contributed by atoms with Gasteiger partial charge in [-0.2, -0.15) is 11.8 Å². The van der Waals surface area contributed by atoms with E-state index in [-0.39, 0.29) is 18.3 Å². The number of aliphatic carboxylic acids is 1. The highest BCUT2D eigenvalue weighted by atomic mass is 35.5. The minimum Gasteiger partial charge on any atom is -0.497 e. The first kappa shape index (κ1) is 27.5. The van der Waals surface area contributed by atoms with Crippen LogP contribution in [0.25, 0.3) is 10.9 Å². The SMILES string of the molecule is COc1ccc2ncc(Cl)c(C(F)CCC3CCN(CCSC4CCCCC4)CC3CC(=O)O)c2c1. The summed E-state index contributed by atoms with van der Waals surface area (Å²) in [6.45, 7) is 2.75. The van der Waals surface area contributed by atoms with Gasteiger partial charge in [0.1, 0.15) is 11.9 Å². The Labute approximate surface area is 223 Å².